The van der Waals surface area contributed by atoms with Gasteiger partial charge in [-0.1, -0.05) is 0 Å². The molecule has 0 amide bonds. The first-order chi connectivity index (χ1) is 12.7. The number of nitrogens with one attached hydrogen (secondary N) is 2. The molecule has 1 fully saturated rings. The summed E-state index contributed by atoms with van der Waals surface area (Å²) >= 11 is 19.7. The highest BCUT2D eigenvalue weighted by Gasteiger charge is 2.56. The summed E-state index contributed by atoms with van der Waals surface area (Å²) in [5, 5.41) is 8.70. The van der Waals surface area contributed by atoms with Gasteiger partial charge in [-0.15, -0.1) is 46.7 Å². The van der Waals surface area contributed by atoms with E-state index < -0.39 is 0 Å². The highest BCUT2D eigenvalue weighted by atomic mass is 35.5. The maximum Gasteiger partial charge on any atom is 0.0680 e. The fraction of sp³-hybridized carbons (Fsp3) is 1.00. The van der Waals surface area contributed by atoms with Crippen molar-refractivity contribution in [2.75, 3.05) is 72.1 Å². The largest absolute Gasteiger partial charge is 0.316 e. The summed E-state index contributed by atoms with van der Waals surface area (Å²) < 4.78 is 0. The lowest BCUT2D eigenvalue weighted by atomic mass is 9.48. The van der Waals surface area contributed by atoms with Crippen molar-refractivity contribution in [3.05, 3.63) is 0 Å². The first-order valence-corrected chi connectivity index (χ1v) is 15.5. The Labute approximate surface area is 188 Å². The third kappa shape index (κ3) is 8.33. The van der Waals surface area contributed by atoms with Gasteiger partial charge >= 0.3 is 0 Å². The topological polar surface area (TPSA) is 24.1 Å². The molecule has 0 radical (unpaired) electrons. The average molecular weight is 480 g/mol. The lowest BCUT2D eigenvalue weighted by molar-refractivity contribution is -0.0541. The Hall–Kier alpha value is 1.90. The number of hydrogen-bond donors (Lipinski definition) is 2. The zero-order valence-corrected chi connectivity index (χ0v) is 21.1. The van der Waals surface area contributed by atoms with Gasteiger partial charge in [0.05, 0.1) is 10.4 Å². The van der Waals surface area contributed by atoms with Crippen molar-refractivity contribution in [1.29, 1.82) is 0 Å². The number of rotatable bonds is 18. The number of alkyl halides is 2. The van der Waals surface area contributed by atoms with Crippen LogP contribution in [0.4, 0.5) is 0 Å². The van der Waals surface area contributed by atoms with Crippen LogP contribution in [0.15, 0.2) is 0 Å². The lowest BCUT2D eigenvalue weighted by Crippen LogP contribution is -2.56. The van der Waals surface area contributed by atoms with Crippen LogP contribution >= 0.6 is 70.2 Å². The molecule has 2 nitrogen and oxygen atoms in total. The van der Waals surface area contributed by atoms with E-state index in [1.165, 1.54) is 48.7 Å². The second-order valence-corrected chi connectivity index (χ2v) is 12.1. The second kappa shape index (κ2) is 15.7. The molecular formula is C18H36Cl2N2S4. The SMILES string of the molecule is CSCCNCCC1(CSCCl)CCC1(CCNCCSC)CSCCl. The van der Waals surface area contributed by atoms with E-state index in [2.05, 4.69) is 23.1 Å². The van der Waals surface area contributed by atoms with E-state index in [-0.39, 0.29) is 0 Å². The van der Waals surface area contributed by atoms with Gasteiger partial charge in [-0.2, -0.15) is 23.5 Å². The van der Waals surface area contributed by atoms with Crippen molar-refractivity contribution in [3.63, 3.8) is 0 Å². The molecule has 2 unspecified atom stereocenters. The van der Waals surface area contributed by atoms with Gasteiger partial charge in [0.25, 0.3) is 0 Å². The fourth-order valence-electron chi connectivity index (χ4n) is 3.93. The minimum Gasteiger partial charge on any atom is -0.316 e. The molecular weight excluding hydrogens is 443 g/mol. The Morgan fingerprint density at radius 1 is 0.731 bits per heavy atom. The van der Waals surface area contributed by atoms with Gasteiger partial charge in [0.1, 0.15) is 0 Å². The molecule has 2 atom stereocenters. The summed E-state index contributed by atoms with van der Waals surface area (Å²) in [6.45, 7) is 4.46. The monoisotopic (exact) mass is 478 g/mol. The fourth-order valence-corrected chi connectivity index (χ4v) is 7.21. The highest BCUT2D eigenvalue weighted by molar-refractivity contribution is 8.00. The first-order valence-electron chi connectivity index (χ1n) is 9.37. The van der Waals surface area contributed by atoms with Gasteiger partial charge in [0, 0.05) is 36.1 Å². The second-order valence-electron chi connectivity index (χ2n) is 6.96. The van der Waals surface area contributed by atoms with Crippen molar-refractivity contribution < 1.29 is 0 Å². The molecule has 0 spiro atoms. The van der Waals surface area contributed by atoms with E-state index in [0.29, 0.717) is 21.3 Å². The zero-order valence-electron chi connectivity index (χ0n) is 16.3. The molecule has 0 aromatic carbocycles. The summed E-state index contributed by atoms with van der Waals surface area (Å²) in [5.41, 5.74) is 0.832. The van der Waals surface area contributed by atoms with Crippen LogP contribution in [-0.4, -0.2) is 72.1 Å². The number of thioether (sulfide) groups is 4. The minimum atomic E-state index is 0.416. The third-order valence-electron chi connectivity index (χ3n) is 5.64. The number of halogens is 2. The van der Waals surface area contributed by atoms with Crippen LogP contribution in [0.5, 0.6) is 0 Å². The van der Waals surface area contributed by atoms with E-state index in [0.717, 1.165) is 26.2 Å². The predicted molar refractivity (Wildman–Crippen MR) is 132 cm³/mol. The van der Waals surface area contributed by atoms with Gasteiger partial charge < -0.3 is 10.6 Å². The van der Waals surface area contributed by atoms with Gasteiger partial charge in [-0.3, -0.25) is 0 Å². The molecule has 2 N–H and O–H groups in total. The molecule has 0 aliphatic heterocycles. The molecule has 156 valence electrons. The Bertz CT molecular complexity index is 323. The Kier molecular flexibility index (Phi) is 15.7. The predicted octanol–water partition coefficient (Wildman–Crippen LogP) is 5.30. The summed E-state index contributed by atoms with van der Waals surface area (Å²) in [5.74, 6) is 4.76. The summed E-state index contributed by atoms with van der Waals surface area (Å²) in [7, 11) is 0. The van der Waals surface area contributed by atoms with E-state index in [4.69, 9.17) is 23.2 Å². The first kappa shape index (κ1) is 25.9. The van der Waals surface area contributed by atoms with Crippen molar-refractivity contribution in [3.8, 4) is 0 Å². The summed E-state index contributed by atoms with van der Waals surface area (Å²) in [4.78, 5) is 0. The normalized spacial score (nSPS) is 25.4. The van der Waals surface area contributed by atoms with Crippen LogP contribution in [-0.2, 0) is 0 Å². The molecule has 8 heteroatoms. The molecule has 26 heavy (non-hydrogen) atoms. The maximum atomic E-state index is 6.05. The standard InChI is InChI=1S/C18H36Cl2N2S4/c1-23-11-9-21-7-5-17(13-25-15-19)3-4-18(17,14-26-16-20)6-8-22-10-12-24-2/h21-22H,3-16H2,1-2H3. The van der Waals surface area contributed by atoms with Crippen LogP contribution in [0.3, 0.4) is 0 Å². The highest BCUT2D eigenvalue weighted by Crippen LogP contribution is 2.63. The average Bonchev–Trinajstić information content (AvgIpc) is 2.65. The molecule has 0 aromatic rings. The smallest absolute Gasteiger partial charge is 0.0680 e. The van der Waals surface area contributed by atoms with Crippen LogP contribution in [0.1, 0.15) is 25.7 Å². The van der Waals surface area contributed by atoms with Crippen molar-refractivity contribution in [2.24, 2.45) is 10.8 Å². The molecule has 1 aliphatic carbocycles. The van der Waals surface area contributed by atoms with Crippen molar-refractivity contribution in [2.45, 2.75) is 25.7 Å². The molecule has 0 bridgehead atoms. The van der Waals surface area contributed by atoms with Crippen LogP contribution < -0.4 is 10.6 Å². The van der Waals surface area contributed by atoms with E-state index in [1.54, 1.807) is 0 Å². The van der Waals surface area contributed by atoms with Gasteiger partial charge in [0.2, 0.25) is 0 Å². The molecule has 1 rings (SSSR count). The zero-order chi connectivity index (χ0) is 19.1. The van der Waals surface area contributed by atoms with Crippen LogP contribution in [0.25, 0.3) is 0 Å². The molecule has 1 aliphatic rings. The van der Waals surface area contributed by atoms with E-state index >= 15 is 0 Å². The third-order valence-corrected chi connectivity index (χ3v) is 9.62. The maximum absolute atomic E-state index is 6.05. The van der Waals surface area contributed by atoms with Crippen molar-refractivity contribution >= 4 is 70.2 Å². The molecule has 0 saturated heterocycles. The van der Waals surface area contributed by atoms with Crippen LogP contribution in [0, 0.1) is 10.8 Å². The van der Waals surface area contributed by atoms with Gasteiger partial charge in [-0.25, -0.2) is 0 Å². The Morgan fingerprint density at radius 3 is 1.46 bits per heavy atom. The van der Waals surface area contributed by atoms with E-state index in [1.807, 2.05) is 47.0 Å². The van der Waals surface area contributed by atoms with Crippen LogP contribution in [0.2, 0.25) is 0 Å². The number of hydrogen-bond acceptors (Lipinski definition) is 6. The minimum absolute atomic E-state index is 0.416. The van der Waals surface area contributed by atoms with E-state index in [9.17, 15) is 0 Å². The molecule has 0 heterocycles. The quantitative estimate of drug-likeness (QED) is 0.205. The van der Waals surface area contributed by atoms with Gasteiger partial charge in [-0.05, 0) is 62.1 Å². The Morgan fingerprint density at radius 2 is 1.15 bits per heavy atom. The summed E-state index contributed by atoms with van der Waals surface area (Å²) in [6, 6.07) is 0. The lowest BCUT2D eigenvalue weighted by Gasteiger charge is -2.60. The van der Waals surface area contributed by atoms with Gasteiger partial charge in [0.15, 0.2) is 0 Å². The molecule has 0 aromatic heterocycles. The molecule has 1 saturated carbocycles. The van der Waals surface area contributed by atoms with Crippen molar-refractivity contribution in [1.82, 2.24) is 10.6 Å². The summed E-state index contributed by atoms with van der Waals surface area (Å²) in [6.07, 6.45) is 9.55. The Balaban J connectivity index is 2.67.